The van der Waals surface area contributed by atoms with Gasteiger partial charge in [-0.25, -0.2) is 4.39 Å². The third-order valence-corrected chi connectivity index (χ3v) is 3.77. The van der Waals surface area contributed by atoms with Gasteiger partial charge in [0.2, 0.25) is 0 Å². The van der Waals surface area contributed by atoms with E-state index in [0.717, 1.165) is 44.0 Å². The fraction of sp³-hybridized carbons (Fsp3) is 0.462. The second kappa shape index (κ2) is 4.54. The van der Waals surface area contributed by atoms with E-state index in [1.165, 1.54) is 12.1 Å². The van der Waals surface area contributed by atoms with Crippen LogP contribution in [0.5, 0.6) is 0 Å². The molecule has 0 aromatic heterocycles. The van der Waals surface area contributed by atoms with Gasteiger partial charge in [-0.3, -0.25) is 0 Å². The number of rotatable bonds is 2. The van der Waals surface area contributed by atoms with Crippen LogP contribution in [-0.2, 0) is 10.2 Å². The van der Waals surface area contributed by atoms with Gasteiger partial charge in [-0.15, -0.1) is 0 Å². The van der Waals surface area contributed by atoms with Gasteiger partial charge in [0.15, 0.2) is 0 Å². The lowest BCUT2D eigenvalue weighted by Gasteiger charge is -2.32. The van der Waals surface area contributed by atoms with Crippen LogP contribution in [0.1, 0.15) is 37.7 Å². The van der Waals surface area contributed by atoms with Crippen LogP contribution < -0.4 is 0 Å². The highest BCUT2D eigenvalue weighted by Crippen LogP contribution is 2.38. The largest absolute Gasteiger partial charge is 0.302 e. The van der Waals surface area contributed by atoms with Crippen LogP contribution in [0, 0.1) is 5.82 Å². The SMILES string of the molecule is O=CC1(c2ccc(Cl)c(F)c2)CCCCC1. The van der Waals surface area contributed by atoms with E-state index < -0.39 is 11.2 Å². The van der Waals surface area contributed by atoms with E-state index in [2.05, 4.69) is 0 Å². The molecule has 0 radical (unpaired) electrons. The zero-order chi connectivity index (χ0) is 11.6. The van der Waals surface area contributed by atoms with Crippen LogP contribution in [0.25, 0.3) is 0 Å². The summed E-state index contributed by atoms with van der Waals surface area (Å²) in [6, 6.07) is 4.71. The zero-order valence-corrected chi connectivity index (χ0v) is 9.77. The van der Waals surface area contributed by atoms with Crippen LogP contribution >= 0.6 is 11.6 Å². The monoisotopic (exact) mass is 240 g/mol. The van der Waals surface area contributed by atoms with E-state index in [0.29, 0.717) is 0 Å². The average Bonchev–Trinajstić information content (AvgIpc) is 2.33. The normalized spacial score (nSPS) is 19.4. The summed E-state index contributed by atoms with van der Waals surface area (Å²) in [6.07, 6.45) is 5.83. The Hall–Kier alpha value is -0.890. The van der Waals surface area contributed by atoms with Crippen LogP contribution in [0.2, 0.25) is 5.02 Å². The highest BCUT2D eigenvalue weighted by molar-refractivity contribution is 6.30. The molecule has 1 aromatic rings. The van der Waals surface area contributed by atoms with Gasteiger partial charge in [0.05, 0.1) is 10.4 Å². The van der Waals surface area contributed by atoms with E-state index in [9.17, 15) is 9.18 Å². The van der Waals surface area contributed by atoms with Gasteiger partial charge in [-0.1, -0.05) is 36.9 Å². The summed E-state index contributed by atoms with van der Waals surface area (Å²) in [4.78, 5) is 11.3. The molecule has 1 saturated carbocycles. The summed E-state index contributed by atoms with van der Waals surface area (Å²) >= 11 is 5.64. The minimum absolute atomic E-state index is 0.112. The van der Waals surface area contributed by atoms with E-state index in [4.69, 9.17) is 11.6 Å². The molecule has 1 aromatic carbocycles. The molecule has 0 aliphatic heterocycles. The van der Waals surface area contributed by atoms with Gasteiger partial charge in [0.1, 0.15) is 12.1 Å². The summed E-state index contributed by atoms with van der Waals surface area (Å²) in [5, 5.41) is 0.112. The van der Waals surface area contributed by atoms with Gasteiger partial charge >= 0.3 is 0 Å². The molecule has 1 fully saturated rings. The third-order valence-electron chi connectivity index (χ3n) is 3.47. The second-order valence-electron chi connectivity index (χ2n) is 4.46. The van der Waals surface area contributed by atoms with Gasteiger partial charge < -0.3 is 4.79 Å². The van der Waals surface area contributed by atoms with Crippen LogP contribution in [0.4, 0.5) is 4.39 Å². The Labute approximate surface area is 99.6 Å². The molecule has 1 aliphatic carbocycles. The molecule has 0 spiro atoms. The van der Waals surface area contributed by atoms with Crippen molar-refractivity contribution in [1.29, 1.82) is 0 Å². The summed E-state index contributed by atoms with van der Waals surface area (Å²) in [6.45, 7) is 0. The smallest absolute Gasteiger partial charge is 0.142 e. The van der Waals surface area contributed by atoms with E-state index >= 15 is 0 Å². The van der Waals surface area contributed by atoms with Gasteiger partial charge in [0.25, 0.3) is 0 Å². The van der Waals surface area contributed by atoms with E-state index in [-0.39, 0.29) is 5.02 Å². The maximum Gasteiger partial charge on any atom is 0.142 e. The lowest BCUT2D eigenvalue weighted by molar-refractivity contribution is -0.113. The van der Waals surface area contributed by atoms with Gasteiger partial charge in [-0.2, -0.15) is 0 Å². The van der Waals surface area contributed by atoms with Crippen molar-refractivity contribution in [2.45, 2.75) is 37.5 Å². The number of halogens is 2. The van der Waals surface area contributed by atoms with Crippen molar-refractivity contribution in [2.24, 2.45) is 0 Å². The lowest BCUT2D eigenvalue weighted by Crippen LogP contribution is -2.30. The molecular weight excluding hydrogens is 227 g/mol. The molecule has 1 nitrogen and oxygen atoms in total. The van der Waals surface area contributed by atoms with Crippen molar-refractivity contribution in [2.75, 3.05) is 0 Å². The Kier molecular flexibility index (Phi) is 3.29. The molecule has 0 amide bonds. The lowest BCUT2D eigenvalue weighted by atomic mass is 9.70. The molecule has 0 bridgehead atoms. The van der Waals surface area contributed by atoms with Crippen molar-refractivity contribution in [3.8, 4) is 0 Å². The standard InChI is InChI=1S/C13H14ClFO/c14-11-5-4-10(8-12(11)15)13(9-16)6-2-1-3-7-13/h4-5,8-9H,1-3,6-7H2. The first-order valence-electron chi connectivity index (χ1n) is 5.60. The predicted octanol–water partition coefficient (Wildman–Crippen LogP) is 3.88. The fourth-order valence-corrected chi connectivity index (χ4v) is 2.58. The Balaban J connectivity index is 2.39. The van der Waals surface area contributed by atoms with E-state index in [1.807, 2.05) is 0 Å². The molecule has 86 valence electrons. The molecule has 0 heterocycles. The fourth-order valence-electron chi connectivity index (χ4n) is 2.46. The third kappa shape index (κ3) is 1.99. The topological polar surface area (TPSA) is 17.1 Å². The van der Waals surface area contributed by atoms with Gasteiger partial charge in [-0.05, 0) is 30.5 Å². The highest BCUT2D eigenvalue weighted by Gasteiger charge is 2.33. The zero-order valence-electron chi connectivity index (χ0n) is 9.01. The van der Waals surface area contributed by atoms with Crippen LogP contribution in [0.15, 0.2) is 18.2 Å². The Morgan fingerprint density at radius 2 is 1.94 bits per heavy atom. The highest BCUT2D eigenvalue weighted by atomic mass is 35.5. The van der Waals surface area contributed by atoms with Crippen LogP contribution in [0.3, 0.4) is 0 Å². The number of aldehydes is 1. The summed E-state index contributed by atoms with van der Waals surface area (Å²) < 4.78 is 13.4. The van der Waals surface area contributed by atoms with Crippen molar-refractivity contribution in [1.82, 2.24) is 0 Å². The average molecular weight is 241 g/mol. The molecule has 0 unspecified atom stereocenters. The van der Waals surface area contributed by atoms with Gasteiger partial charge in [0, 0.05) is 0 Å². The molecule has 2 rings (SSSR count). The predicted molar refractivity (Wildman–Crippen MR) is 62.2 cm³/mol. The number of hydrogen-bond donors (Lipinski definition) is 0. The van der Waals surface area contributed by atoms with Crippen molar-refractivity contribution in [3.05, 3.63) is 34.6 Å². The molecule has 0 atom stereocenters. The summed E-state index contributed by atoms with van der Waals surface area (Å²) in [5.74, 6) is -0.439. The van der Waals surface area contributed by atoms with Crippen LogP contribution in [-0.4, -0.2) is 6.29 Å². The van der Waals surface area contributed by atoms with E-state index in [1.54, 1.807) is 6.07 Å². The van der Waals surface area contributed by atoms with Crippen molar-refractivity contribution in [3.63, 3.8) is 0 Å². The molecule has 0 saturated heterocycles. The maximum atomic E-state index is 13.4. The number of carbonyl (C=O) groups is 1. The maximum absolute atomic E-state index is 13.4. The minimum atomic E-state index is -0.482. The number of benzene rings is 1. The Bertz CT molecular complexity index is 397. The first-order valence-corrected chi connectivity index (χ1v) is 5.98. The quantitative estimate of drug-likeness (QED) is 0.717. The minimum Gasteiger partial charge on any atom is -0.302 e. The second-order valence-corrected chi connectivity index (χ2v) is 4.87. The Morgan fingerprint density at radius 1 is 1.25 bits per heavy atom. The molecule has 1 aliphatic rings. The molecule has 3 heteroatoms. The molecule has 16 heavy (non-hydrogen) atoms. The van der Waals surface area contributed by atoms with Crippen molar-refractivity contribution >= 4 is 17.9 Å². The van der Waals surface area contributed by atoms with Crippen molar-refractivity contribution < 1.29 is 9.18 Å². The summed E-state index contributed by atoms with van der Waals surface area (Å²) in [5.41, 5.74) is 0.285. The first-order chi connectivity index (χ1) is 7.68. The molecule has 0 N–H and O–H groups in total. The summed E-state index contributed by atoms with van der Waals surface area (Å²) in [7, 11) is 0. The first kappa shape index (κ1) is 11.6. The Morgan fingerprint density at radius 3 is 2.50 bits per heavy atom. The molecular formula is C13H14ClFO. The number of carbonyl (C=O) groups excluding carboxylic acids is 1. The number of hydrogen-bond acceptors (Lipinski definition) is 1.